The van der Waals surface area contributed by atoms with Gasteiger partial charge in [-0.1, -0.05) is 218 Å². The van der Waals surface area contributed by atoms with E-state index in [1.807, 2.05) is 0 Å². The van der Waals surface area contributed by atoms with Crippen LogP contribution in [0.3, 0.4) is 0 Å². The molecule has 0 fully saturated rings. The molecule has 0 saturated carbocycles. The maximum Gasteiger partial charge on any atom is 2.00 e. The Labute approximate surface area is 438 Å². The van der Waals surface area contributed by atoms with Crippen LogP contribution in [0.2, 0.25) is 0 Å². The molecule has 0 heterocycles. The normalized spacial score (nSPS) is 11.8. The largest absolute Gasteiger partial charge is 2.00 e. The van der Waals surface area contributed by atoms with Crippen LogP contribution in [0.25, 0.3) is 21.5 Å². The van der Waals surface area contributed by atoms with E-state index < -0.39 is 20.2 Å². The predicted molar refractivity (Wildman–Crippen MR) is 276 cm³/mol. The van der Waals surface area contributed by atoms with Crippen LogP contribution in [-0.4, -0.2) is 74.8 Å². The smallest absolute Gasteiger partial charge is 0.744 e. The van der Waals surface area contributed by atoms with E-state index in [9.17, 15) is 25.9 Å². The molecule has 0 atom stereocenters. The van der Waals surface area contributed by atoms with Crippen molar-refractivity contribution in [3.8, 4) is 0 Å². The van der Waals surface area contributed by atoms with Gasteiger partial charge in [-0.15, -0.1) is 0 Å². The van der Waals surface area contributed by atoms with Gasteiger partial charge in [-0.3, -0.25) is 0 Å². The quantitative estimate of drug-likeness (QED) is 0.0261. The Balaban J connectivity index is 0.000000440. The second kappa shape index (κ2) is 35.0. The minimum atomic E-state index is -4.46. The minimum Gasteiger partial charge on any atom is -0.744 e. The van der Waals surface area contributed by atoms with Crippen LogP contribution in [0.15, 0.2) is 70.5 Å². The first-order valence-electron chi connectivity index (χ1n) is 25.9. The van der Waals surface area contributed by atoms with Crippen molar-refractivity contribution in [2.24, 2.45) is 0 Å². The van der Waals surface area contributed by atoms with E-state index >= 15 is 0 Å². The first kappa shape index (κ1) is 59.9. The molecule has 0 saturated heterocycles. The Morgan fingerprint density at radius 2 is 0.600 bits per heavy atom. The van der Waals surface area contributed by atoms with Crippen LogP contribution in [-0.2, 0) is 45.9 Å². The van der Waals surface area contributed by atoms with Gasteiger partial charge >= 0.3 is 48.9 Å². The summed E-state index contributed by atoms with van der Waals surface area (Å²) < 4.78 is 70.5. The molecule has 0 spiro atoms. The fourth-order valence-electron chi connectivity index (χ4n) is 9.07. The summed E-state index contributed by atoms with van der Waals surface area (Å²) in [6.07, 6.45) is 38.6. The molecule has 0 aromatic heterocycles. The molecular formula is C56H86BaO6S2. The monoisotopic (exact) mass is 1060 g/mol. The summed E-state index contributed by atoms with van der Waals surface area (Å²) in [4.78, 5) is -0.174. The van der Waals surface area contributed by atoms with Crippen LogP contribution in [0, 0.1) is 0 Å². The number of fused-ring (bicyclic) bond motifs is 2. The van der Waals surface area contributed by atoms with Crippen LogP contribution in [0.1, 0.15) is 230 Å². The van der Waals surface area contributed by atoms with E-state index in [1.165, 1.54) is 152 Å². The van der Waals surface area contributed by atoms with Gasteiger partial charge in [0.05, 0.1) is 9.79 Å². The number of hydrogen-bond acceptors (Lipinski definition) is 6. The third kappa shape index (κ3) is 24.8. The van der Waals surface area contributed by atoms with Crippen molar-refractivity contribution in [2.45, 2.75) is 243 Å². The van der Waals surface area contributed by atoms with Crippen molar-refractivity contribution in [1.82, 2.24) is 0 Å². The molecule has 360 valence electrons. The Kier molecular flexibility index (Phi) is 32.2. The fourth-order valence-corrected chi connectivity index (χ4v) is 10.2. The van der Waals surface area contributed by atoms with E-state index in [2.05, 4.69) is 64.1 Å². The van der Waals surface area contributed by atoms with Gasteiger partial charge in [-0.05, 0) is 119 Å². The van der Waals surface area contributed by atoms with Gasteiger partial charge in [-0.25, -0.2) is 16.8 Å². The SMILES string of the molecule is CCCCCCCCCc1ccc2c(CCCCCCCCC)cc(S(=O)(=O)[O-])cc2c1.CCCCCCCCCc1ccc2c(CCCCCCCCC)cc(S(=O)(=O)[O-])cc2c1.[Ba+2]. The van der Waals surface area contributed by atoms with E-state index in [0.717, 1.165) is 96.9 Å². The Hall–Kier alpha value is -1.21. The molecule has 4 aromatic rings. The topological polar surface area (TPSA) is 114 Å². The Bertz CT molecular complexity index is 1960. The average Bonchev–Trinajstić information content (AvgIpc) is 3.27. The molecule has 0 aliphatic rings. The molecule has 9 heteroatoms. The number of aryl methyl sites for hydroxylation is 4. The van der Waals surface area contributed by atoms with Crippen molar-refractivity contribution < 1.29 is 25.9 Å². The van der Waals surface area contributed by atoms with Gasteiger partial charge in [0.15, 0.2) is 0 Å². The van der Waals surface area contributed by atoms with Gasteiger partial charge in [-0.2, -0.15) is 0 Å². The number of unbranched alkanes of at least 4 members (excludes halogenated alkanes) is 24. The molecule has 0 radical (unpaired) electrons. The third-order valence-corrected chi connectivity index (χ3v) is 14.6. The maximum absolute atomic E-state index is 11.8. The molecule has 0 amide bonds. The molecule has 0 N–H and O–H groups in total. The molecule has 6 nitrogen and oxygen atoms in total. The summed E-state index contributed by atoms with van der Waals surface area (Å²) >= 11 is 0. The predicted octanol–water partition coefficient (Wildman–Crippen LogP) is 16.3. The molecule has 65 heavy (non-hydrogen) atoms. The zero-order chi connectivity index (χ0) is 46.5. The zero-order valence-electron chi connectivity index (χ0n) is 41.4. The maximum atomic E-state index is 11.8. The molecule has 0 aliphatic carbocycles. The van der Waals surface area contributed by atoms with Gasteiger partial charge in [0.25, 0.3) is 0 Å². The van der Waals surface area contributed by atoms with Crippen LogP contribution < -0.4 is 0 Å². The minimum absolute atomic E-state index is 0. The van der Waals surface area contributed by atoms with Gasteiger partial charge in [0.2, 0.25) is 0 Å². The summed E-state index contributed by atoms with van der Waals surface area (Å²) in [6, 6.07) is 19.2. The molecule has 0 aliphatic heterocycles. The Morgan fingerprint density at radius 3 is 0.877 bits per heavy atom. The number of rotatable bonds is 34. The number of hydrogen-bond donors (Lipinski definition) is 0. The molecule has 0 bridgehead atoms. The second-order valence-corrected chi connectivity index (χ2v) is 21.4. The van der Waals surface area contributed by atoms with Crippen LogP contribution >= 0.6 is 0 Å². The van der Waals surface area contributed by atoms with Crippen LogP contribution in [0.5, 0.6) is 0 Å². The van der Waals surface area contributed by atoms with E-state index in [-0.39, 0.29) is 58.7 Å². The van der Waals surface area contributed by atoms with Gasteiger partial charge < -0.3 is 9.11 Å². The Morgan fingerprint density at radius 1 is 0.338 bits per heavy atom. The first-order valence-corrected chi connectivity index (χ1v) is 28.8. The molecule has 0 unspecified atom stereocenters. The first-order chi connectivity index (χ1) is 30.9. The third-order valence-electron chi connectivity index (χ3n) is 13.0. The van der Waals surface area contributed by atoms with Crippen molar-refractivity contribution >= 4 is 90.7 Å². The summed E-state index contributed by atoms with van der Waals surface area (Å²) in [6.45, 7) is 8.93. The average molecular weight is 1060 g/mol. The zero-order valence-corrected chi connectivity index (χ0v) is 47.4. The summed E-state index contributed by atoms with van der Waals surface area (Å²) in [5, 5.41) is 3.96. The van der Waals surface area contributed by atoms with Crippen molar-refractivity contribution in [3.63, 3.8) is 0 Å². The van der Waals surface area contributed by atoms with E-state index in [1.54, 1.807) is 24.3 Å². The summed E-state index contributed by atoms with van der Waals surface area (Å²) in [5.41, 5.74) is 4.45. The van der Waals surface area contributed by atoms with E-state index in [4.69, 9.17) is 0 Å². The fraction of sp³-hybridized carbons (Fsp3) is 0.643. The van der Waals surface area contributed by atoms with Crippen molar-refractivity contribution in [2.75, 3.05) is 0 Å². The second-order valence-electron chi connectivity index (χ2n) is 18.7. The standard InChI is InChI=1S/2C28H44O3S.Ba/c2*1-3-5-7-9-11-13-15-17-24-19-20-28-25(18-16-14-12-10-8-6-4-2)22-27(32(29,30)31)23-26(28)21-24;/h2*19-23H,3-18H2,1-2H3,(H,29,30,31);/q;;+2/p-2. The van der Waals surface area contributed by atoms with Crippen molar-refractivity contribution in [3.05, 3.63) is 82.9 Å². The molecular weight excluding hydrogens is 970 g/mol. The summed E-state index contributed by atoms with van der Waals surface area (Å²) in [7, 11) is -8.91. The number of benzene rings is 4. The van der Waals surface area contributed by atoms with E-state index in [0.29, 0.717) is 0 Å². The van der Waals surface area contributed by atoms with Gasteiger partial charge in [0, 0.05) is 0 Å². The molecule has 4 aromatic carbocycles. The summed E-state index contributed by atoms with van der Waals surface area (Å²) in [5.74, 6) is 0. The molecule has 4 rings (SSSR count). The van der Waals surface area contributed by atoms with Crippen molar-refractivity contribution in [1.29, 1.82) is 0 Å². The van der Waals surface area contributed by atoms with Crippen LogP contribution in [0.4, 0.5) is 0 Å². The van der Waals surface area contributed by atoms with Gasteiger partial charge in [0.1, 0.15) is 20.2 Å².